The van der Waals surface area contributed by atoms with Crippen LogP contribution in [0.25, 0.3) is 0 Å². The summed E-state index contributed by atoms with van der Waals surface area (Å²) in [6, 6.07) is 13.9. The van der Waals surface area contributed by atoms with Crippen molar-refractivity contribution in [1.82, 2.24) is 19.8 Å². The third-order valence-electron chi connectivity index (χ3n) is 4.90. The number of benzene rings is 2. The highest BCUT2D eigenvalue weighted by molar-refractivity contribution is 7.89. The molecule has 1 heterocycles. The molecular weight excluding hydrogens is 428 g/mol. The Kier molecular flexibility index (Phi) is 7.09. The van der Waals surface area contributed by atoms with Gasteiger partial charge in [0.1, 0.15) is 6.04 Å². The highest BCUT2D eigenvalue weighted by Crippen LogP contribution is 2.25. The molecule has 0 aromatic heterocycles. The fourth-order valence-electron chi connectivity index (χ4n) is 3.38. The van der Waals surface area contributed by atoms with Gasteiger partial charge in [0, 0.05) is 38.2 Å². The van der Waals surface area contributed by atoms with E-state index >= 15 is 0 Å². The highest BCUT2D eigenvalue weighted by Gasteiger charge is 2.35. The molecule has 2 aromatic rings. The van der Waals surface area contributed by atoms with E-state index in [2.05, 4.69) is 10.6 Å². The Morgan fingerprint density at radius 1 is 1.00 bits per heavy atom. The van der Waals surface area contributed by atoms with E-state index in [0.717, 1.165) is 5.56 Å². The quantitative estimate of drug-likeness (QED) is 0.724. The van der Waals surface area contributed by atoms with E-state index in [-0.39, 0.29) is 18.0 Å². The lowest BCUT2D eigenvalue weighted by Crippen LogP contribution is -2.53. The van der Waals surface area contributed by atoms with Gasteiger partial charge < -0.3 is 5.32 Å². The molecule has 0 aliphatic carbocycles. The number of carbonyl (C=O) groups excluding carboxylic acids is 2. The van der Waals surface area contributed by atoms with Crippen molar-refractivity contribution in [2.45, 2.75) is 10.9 Å². The van der Waals surface area contributed by atoms with E-state index in [1.165, 1.54) is 23.5 Å². The Balaban J connectivity index is 1.77. The van der Waals surface area contributed by atoms with E-state index < -0.39 is 28.0 Å². The van der Waals surface area contributed by atoms with Crippen LogP contribution >= 0.6 is 11.6 Å². The molecule has 1 fully saturated rings. The minimum absolute atomic E-state index is 0.139. The molecule has 3 amide bonds. The van der Waals surface area contributed by atoms with Crippen molar-refractivity contribution in [1.29, 1.82) is 0 Å². The molecule has 1 saturated heterocycles. The monoisotopic (exact) mass is 450 g/mol. The summed E-state index contributed by atoms with van der Waals surface area (Å²) < 4.78 is 27.2. The van der Waals surface area contributed by atoms with Crippen molar-refractivity contribution >= 4 is 33.6 Å². The first kappa shape index (κ1) is 22.2. The van der Waals surface area contributed by atoms with E-state index in [9.17, 15) is 18.0 Å². The summed E-state index contributed by atoms with van der Waals surface area (Å²) in [7, 11) is -2.25. The Labute approximate surface area is 180 Å². The molecule has 0 spiro atoms. The van der Waals surface area contributed by atoms with Gasteiger partial charge in [0.05, 0.1) is 4.90 Å². The van der Waals surface area contributed by atoms with Gasteiger partial charge in [0.25, 0.3) is 0 Å². The predicted molar refractivity (Wildman–Crippen MR) is 114 cm³/mol. The van der Waals surface area contributed by atoms with E-state index in [4.69, 9.17) is 11.6 Å². The molecule has 1 aliphatic heterocycles. The van der Waals surface area contributed by atoms with Crippen molar-refractivity contribution in [3.63, 3.8) is 0 Å². The van der Waals surface area contributed by atoms with Gasteiger partial charge in [-0.05, 0) is 23.8 Å². The second kappa shape index (κ2) is 9.57. The largest absolute Gasteiger partial charge is 0.341 e. The second-order valence-electron chi connectivity index (χ2n) is 6.78. The minimum atomic E-state index is -3.68. The summed E-state index contributed by atoms with van der Waals surface area (Å²) in [5.41, 5.74) is 0.727. The van der Waals surface area contributed by atoms with Crippen LogP contribution in [-0.2, 0) is 14.8 Å². The topological polar surface area (TPSA) is 98.8 Å². The predicted octanol–water partition coefficient (Wildman–Crippen LogP) is 1.84. The molecule has 1 atom stereocenters. The number of rotatable bonds is 5. The van der Waals surface area contributed by atoms with Crippen LogP contribution in [0.3, 0.4) is 0 Å². The Morgan fingerprint density at radius 2 is 1.67 bits per heavy atom. The number of nitrogens with one attached hydrogen (secondary N) is 2. The fraction of sp³-hybridized carbons (Fsp3) is 0.300. The number of imide groups is 1. The van der Waals surface area contributed by atoms with Crippen molar-refractivity contribution in [2.24, 2.45) is 0 Å². The summed E-state index contributed by atoms with van der Waals surface area (Å²) in [6.07, 6.45) is 0. The highest BCUT2D eigenvalue weighted by atomic mass is 35.5. The summed E-state index contributed by atoms with van der Waals surface area (Å²) in [4.78, 5) is 26.5. The molecule has 2 N–H and O–H groups in total. The number of piperazine rings is 1. The molecule has 2 aromatic carbocycles. The number of urea groups is 1. The molecule has 8 nitrogen and oxygen atoms in total. The Morgan fingerprint density at radius 3 is 2.27 bits per heavy atom. The zero-order chi connectivity index (χ0) is 21.7. The van der Waals surface area contributed by atoms with Crippen LogP contribution in [0.2, 0.25) is 5.02 Å². The standard InChI is InChI=1S/C20H23ClN4O4S/c1-22-20(27)23-19(26)18(15-6-3-2-4-7-15)24-10-12-25(13-11-24)30(28,29)17-9-5-8-16(21)14-17/h2-9,14,18H,10-13H2,1H3,(H2,22,23,26,27). The second-order valence-corrected chi connectivity index (χ2v) is 9.15. The maximum absolute atomic E-state index is 12.9. The molecule has 3 rings (SSSR count). The Hall–Kier alpha value is -2.46. The lowest BCUT2D eigenvalue weighted by Gasteiger charge is -2.38. The first-order chi connectivity index (χ1) is 14.3. The van der Waals surface area contributed by atoms with Crippen LogP contribution in [0.5, 0.6) is 0 Å². The van der Waals surface area contributed by atoms with Crippen LogP contribution in [0.4, 0.5) is 4.79 Å². The number of hydrogen-bond donors (Lipinski definition) is 2. The average Bonchev–Trinajstić information content (AvgIpc) is 2.75. The van der Waals surface area contributed by atoms with Crippen molar-refractivity contribution in [2.75, 3.05) is 33.2 Å². The number of halogens is 1. The van der Waals surface area contributed by atoms with Crippen LogP contribution in [-0.4, -0.2) is 62.8 Å². The molecular formula is C20H23ClN4O4S. The van der Waals surface area contributed by atoms with E-state index in [1.807, 2.05) is 35.2 Å². The van der Waals surface area contributed by atoms with E-state index in [0.29, 0.717) is 18.1 Å². The normalized spacial score (nSPS) is 16.6. The number of hydrogen-bond acceptors (Lipinski definition) is 5. The molecule has 1 unspecified atom stereocenters. The van der Waals surface area contributed by atoms with Crippen molar-refractivity contribution < 1.29 is 18.0 Å². The van der Waals surface area contributed by atoms with Gasteiger partial charge in [-0.2, -0.15) is 4.31 Å². The number of amides is 3. The average molecular weight is 451 g/mol. The molecule has 0 radical (unpaired) electrons. The summed E-state index contributed by atoms with van der Waals surface area (Å²) in [5, 5.41) is 5.04. The number of carbonyl (C=O) groups is 2. The van der Waals surface area contributed by atoms with Crippen LogP contribution < -0.4 is 10.6 Å². The summed E-state index contributed by atoms with van der Waals surface area (Å²) in [5.74, 6) is -0.466. The number of nitrogens with zero attached hydrogens (tertiary/aromatic N) is 2. The maximum Gasteiger partial charge on any atom is 0.321 e. The summed E-state index contributed by atoms with van der Waals surface area (Å²) in [6.45, 7) is 1.10. The van der Waals surface area contributed by atoms with Gasteiger partial charge >= 0.3 is 6.03 Å². The van der Waals surface area contributed by atoms with Crippen LogP contribution in [0.1, 0.15) is 11.6 Å². The maximum atomic E-state index is 12.9. The lowest BCUT2D eigenvalue weighted by molar-refractivity contribution is -0.126. The zero-order valence-electron chi connectivity index (χ0n) is 16.4. The van der Waals surface area contributed by atoms with E-state index in [1.54, 1.807) is 12.1 Å². The van der Waals surface area contributed by atoms with Gasteiger partial charge in [0.2, 0.25) is 15.9 Å². The third-order valence-corrected chi connectivity index (χ3v) is 7.03. The van der Waals surface area contributed by atoms with Crippen molar-refractivity contribution in [3.05, 3.63) is 65.2 Å². The fourth-order valence-corrected chi connectivity index (χ4v) is 5.11. The molecule has 10 heteroatoms. The van der Waals surface area contributed by atoms with Crippen molar-refractivity contribution in [3.8, 4) is 0 Å². The molecule has 1 aliphatic rings. The first-order valence-corrected chi connectivity index (χ1v) is 11.2. The summed E-state index contributed by atoms with van der Waals surface area (Å²) >= 11 is 5.94. The Bertz CT molecular complexity index is 1010. The van der Waals surface area contributed by atoms with Gasteiger partial charge in [-0.1, -0.05) is 48.0 Å². The van der Waals surface area contributed by atoms with Gasteiger partial charge in [-0.25, -0.2) is 13.2 Å². The molecule has 30 heavy (non-hydrogen) atoms. The van der Waals surface area contributed by atoms with Gasteiger partial charge in [0.15, 0.2) is 0 Å². The molecule has 0 bridgehead atoms. The lowest BCUT2D eigenvalue weighted by atomic mass is 10.0. The molecule has 160 valence electrons. The first-order valence-electron chi connectivity index (χ1n) is 9.40. The molecule has 0 saturated carbocycles. The SMILES string of the molecule is CNC(=O)NC(=O)C(c1ccccc1)N1CCN(S(=O)(=O)c2cccc(Cl)c2)CC1. The minimum Gasteiger partial charge on any atom is -0.341 e. The van der Waals surface area contributed by atoms with Gasteiger partial charge in [-0.15, -0.1) is 0 Å². The zero-order valence-corrected chi connectivity index (χ0v) is 18.0. The smallest absolute Gasteiger partial charge is 0.321 e. The third kappa shape index (κ3) is 4.99. The van der Waals surface area contributed by atoms with Gasteiger partial charge in [-0.3, -0.25) is 15.0 Å². The van der Waals surface area contributed by atoms with Crippen LogP contribution in [0, 0.1) is 0 Å². The van der Waals surface area contributed by atoms with Crippen LogP contribution in [0.15, 0.2) is 59.5 Å². The number of sulfonamides is 1.